The number of aromatic nitrogens is 1. The summed E-state index contributed by atoms with van der Waals surface area (Å²) in [4.78, 5) is 29.7. The lowest BCUT2D eigenvalue weighted by Gasteiger charge is -2.42. The summed E-state index contributed by atoms with van der Waals surface area (Å²) in [5.74, 6) is -0.0157. The molecule has 0 bridgehead atoms. The number of nitrogens with one attached hydrogen (secondary N) is 1. The Morgan fingerprint density at radius 3 is 2.55 bits per heavy atom. The number of hydrogen-bond donors (Lipinski definition) is 2. The second-order valence-electron chi connectivity index (χ2n) is 7.00. The largest absolute Gasteiger partial charge is 0.354 e. The van der Waals surface area contributed by atoms with Crippen molar-refractivity contribution in [1.82, 2.24) is 9.88 Å². The number of Topliss-reactive ketones (excluding diaryl/α,β-unsaturated/α-hetero) is 1. The van der Waals surface area contributed by atoms with Crippen LogP contribution in [0, 0.1) is 12.3 Å². The molecular weight excluding hydrogens is 278 g/mol. The highest BCUT2D eigenvalue weighted by Gasteiger charge is 2.36. The third-order valence-corrected chi connectivity index (χ3v) is 4.81. The summed E-state index contributed by atoms with van der Waals surface area (Å²) in [7, 11) is 0. The number of H-pyrrole nitrogens is 1. The molecule has 0 spiro atoms. The van der Waals surface area contributed by atoms with Crippen molar-refractivity contribution < 1.29 is 9.59 Å². The molecule has 2 heterocycles. The molecule has 1 aromatic heterocycles. The Bertz CT molecular complexity index is 601. The van der Waals surface area contributed by atoms with Crippen molar-refractivity contribution in [3.63, 3.8) is 0 Å². The van der Waals surface area contributed by atoms with Gasteiger partial charge in [-0.1, -0.05) is 20.8 Å². The highest BCUT2D eigenvalue weighted by Crippen LogP contribution is 2.30. The maximum absolute atomic E-state index is 12.9. The molecule has 1 amide bonds. The second kappa shape index (κ2) is 5.88. The van der Waals surface area contributed by atoms with Gasteiger partial charge in [0.05, 0.1) is 0 Å². The molecule has 2 rings (SSSR count). The molecule has 1 atom stereocenters. The average molecular weight is 305 g/mol. The number of aryl methyl sites for hydroxylation is 1. The van der Waals surface area contributed by atoms with Crippen LogP contribution in [0.2, 0.25) is 0 Å². The Kier molecular flexibility index (Phi) is 4.47. The van der Waals surface area contributed by atoms with Crippen molar-refractivity contribution in [2.24, 2.45) is 11.1 Å². The van der Waals surface area contributed by atoms with Gasteiger partial charge in [0, 0.05) is 30.4 Å². The van der Waals surface area contributed by atoms with Gasteiger partial charge >= 0.3 is 0 Å². The molecule has 1 unspecified atom stereocenters. The predicted molar refractivity (Wildman–Crippen MR) is 87.2 cm³/mol. The van der Waals surface area contributed by atoms with Crippen LogP contribution in [0.1, 0.15) is 66.2 Å². The molecule has 1 saturated heterocycles. The Hall–Kier alpha value is -1.62. The minimum Gasteiger partial charge on any atom is -0.354 e. The van der Waals surface area contributed by atoms with Gasteiger partial charge in [0.25, 0.3) is 5.91 Å². The number of nitrogens with two attached hydrogens (primary N) is 1. The normalized spacial score (nSPS) is 21.0. The van der Waals surface area contributed by atoms with Crippen molar-refractivity contribution in [1.29, 1.82) is 0 Å². The van der Waals surface area contributed by atoms with Crippen LogP contribution < -0.4 is 5.73 Å². The van der Waals surface area contributed by atoms with Crippen LogP contribution in [-0.4, -0.2) is 40.7 Å². The number of amides is 1. The number of likely N-dealkylation sites (tertiary alicyclic amines) is 1. The second-order valence-corrected chi connectivity index (χ2v) is 7.00. The van der Waals surface area contributed by atoms with E-state index in [9.17, 15) is 9.59 Å². The first kappa shape index (κ1) is 16.7. The van der Waals surface area contributed by atoms with Crippen LogP contribution in [0.3, 0.4) is 0 Å². The summed E-state index contributed by atoms with van der Waals surface area (Å²) in [5.41, 5.74) is 8.90. The summed E-state index contributed by atoms with van der Waals surface area (Å²) in [6.07, 6.45) is 1.47. The fourth-order valence-electron chi connectivity index (χ4n) is 3.39. The molecule has 0 aromatic carbocycles. The first-order chi connectivity index (χ1) is 10.2. The number of piperidine rings is 1. The molecule has 1 fully saturated rings. The quantitative estimate of drug-likeness (QED) is 0.841. The van der Waals surface area contributed by atoms with Gasteiger partial charge in [-0.2, -0.15) is 0 Å². The molecule has 1 aliphatic heterocycles. The Morgan fingerprint density at radius 2 is 2.05 bits per heavy atom. The maximum atomic E-state index is 12.9. The van der Waals surface area contributed by atoms with Gasteiger partial charge in [0.15, 0.2) is 5.78 Å². The highest BCUT2D eigenvalue weighted by atomic mass is 16.2. The van der Waals surface area contributed by atoms with Crippen LogP contribution in [0.5, 0.6) is 0 Å². The zero-order chi connectivity index (χ0) is 16.7. The molecule has 1 aliphatic rings. The standard InChI is InChI=1S/C17H27N3O2/c1-6-12-14(11(3)21)10(2)19-15(12)16(22)20-8-7-13(18)17(4,5)9-20/h13,19H,6-9,18H2,1-5H3. The third-order valence-electron chi connectivity index (χ3n) is 4.81. The van der Waals surface area contributed by atoms with Gasteiger partial charge in [0.2, 0.25) is 0 Å². The van der Waals surface area contributed by atoms with Gasteiger partial charge < -0.3 is 15.6 Å². The third kappa shape index (κ3) is 2.82. The summed E-state index contributed by atoms with van der Waals surface area (Å²) < 4.78 is 0. The van der Waals surface area contributed by atoms with E-state index in [0.29, 0.717) is 30.8 Å². The van der Waals surface area contributed by atoms with E-state index in [1.165, 1.54) is 0 Å². The smallest absolute Gasteiger partial charge is 0.270 e. The fraction of sp³-hybridized carbons (Fsp3) is 0.647. The lowest BCUT2D eigenvalue weighted by Crippen LogP contribution is -2.54. The van der Waals surface area contributed by atoms with Gasteiger partial charge in [-0.05, 0) is 37.7 Å². The molecule has 0 saturated carbocycles. The number of ketones is 1. The molecule has 122 valence electrons. The highest BCUT2D eigenvalue weighted by molar-refractivity contribution is 6.02. The summed E-state index contributed by atoms with van der Waals surface area (Å²) in [6, 6.07) is 0.111. The summed E-state index contributed by atoms with van der Waals surface area (Å²) in [5, 5.41) is 0. The number of aromatic amines is 1. The molecule has 22 heavy (non-hydrogen) atoms. The molecule has 1 aromatic rings. The fourth-order valence-corrected chi connectivity index (χ4v) is 3.39. The van der Waals surface area contributed by atoms with E-state index in [1.807, 2.05) is 18.7 Å². The van der Waals surface area contributed by atoms with Crippen LogP contribution in [0.4, 0.5) is 0 Å². The Balaban J connectivity index is 2.35. The average Bonchev–Trinajstić information content (AvgIpc) is 2.77. The molecule has 5 nitrogen and oxygen atoms in total. The van der Waals surface area contributed by atoms with Gasteiger partial charge in [-0.3, -0.25) is 9.59 Å². The number of carbonyl (C=O) groups excluding carboxylic acids is 2. The molecular formula is C17H27N3O2. The number of carbonyl (C=O) groups is 2. The van der Waals surface area contributed by atoms with Gasteiger partial charge in [0.1, 0.15) is 5.69 Å². The van der Waals surface area contributed by atoms with E-state index in [-0.39, 0.29) is 23.1 Å². The SMILES string of the molecule is CCc1c(C(=O)N2CCC(N)C(C)(C)C2)[nH]c(C)c1C(C)=O. The predicted octanol–water partition coefficient (Wildman–Crippen LogP) is 2.29. The van der Waals surface area contributed by atoms with Crippen molar-refractivity contribution in [3.05, 3.63) is 22.5 Å². The maximum Gasteiger partial charge on any atom is 0.270 e. The minimum atomic E-state index is -0.0919. The van der Waals surface area contributed by atoms with Gasteiger partial charge in [-0.15, -0.1) is 0 Å². The Morgan fingerprint density at radius 1 is 1.41 bits per heavy atom. The minimum absolute atomic E-state index is 0.00523. The number of rotatable bonds is 3. The van der Waals surface area contributed by atoms with E-state index in [2.05, 4.69) is 18.8 Å². The van der Waals surface area contributed by atoms with E-state index in [0.717, 1.165) is 17.7 Å². The molecule has 5 heteroatoms. The van der Waals surface area contributed by atoms with Crippen molar-refractivity contribution in [3.8, 4) is 0 Å². The summed E-state index contributed by atoms with van der Waals surface area (Å²) in [6.45, 7) is 10.9. The van der Waals surface area contributed by atoms with Crippen molar-refractivity contribution in [2.45, 2.75) is 53.5 Å². The van der Waals surface area contributed by atoms with Crippen molar-refractivity contribution in [2.75, 3.05) is 13.1 Å². The van der Waals surface area contributed by atoms with Crippen LogP contribution in [0.25, 0.3) is 0 Å². The van der Waals surface area contributed by atoms with Crippen LogP contribution >= 0.6 is 0 Å². The molecule has 3 N–H and O–H groups in total. The Labute approximate surface area is 132 Å². The van der Waals surface area contributed by atoms with Gasteiger partial charge in [-0.25, -0.2) is 0 Å². The lowest BCUT2D eigenvalue weighted by molar-refractivity contribution is 0.0527. The van der Waals surface area contributed by atoms with E-state index >= 15 is 0 Å². The monoisotopic (exact) mass is 305 g/mol. The number of nitrogens with zero attached hydrogens (tertiary/aromatic N) is 1. The first-order valence-corrected chi connectivity index (χ1v) is 7.96. The summed E-state index contributed by atoms with van der Waals surface area (Å²) >= 11 is 0. The molecule has 0 aliphatic carbocycles. The zero-order valence-electron chi connectivity index (χ0n) is 14.2. The molecule has 0 radical (unpaired) electrons. The van der Waals surface area contributed by atoms with E-state index in [1.54, 1.807) is 6.92 Å². The lowest BCUT2D eigenvalue weighted by atomic mass is 9.79. The first-order valence-electron chi connectivity index (χ1n) is 7.96. The van der Waals surface area contributed by atoms with E-state index in [4.69, 9.17) is 5.73 Å². The topological polar surface area (TPSA) is 79.2 Å². The van der Waals surface area contributed by atoms with Crippen LogP contribution in [-0.2, 0) is 6.42 Å². The number of hydrogen-bond acceptors (Lipinski definition) is 3. The van der Waals surface area contributed by atoms with Crippen molar-refractivity contribution >= 4 is 11.7 Å². The van der Waals surface area contributed by atoms with E-state index < -0.39 is 0 Å². The zero-order valence-corrected chi connectivity index (χ0v) is 14.2. The van der Waals surface area contributed by atoms with Crippen LogP contribution in [0.15, 0.2) is 0 Å².